The molecule has 0 bridgehead atoms. The van der Waals surface area contributed by atoms with Crippen molar-refractivity contribution in [1.29, 1.82) is 0 Å². The van der Waals surface area contributed by atoms with Crippen LogP contribution in [0.25, 0.3) is 16.6 Å². The van der Waals surface area contributed by atoms with Gasteiger partial charge in [-0.05, 0) is 50.2 Å². The molecule has 168 valence electrons. The van der Waals surface area contributed by atoms with Crippen molar-refractivity contribution in [2.75, 3.05) is 18.8 Å². The van der Waals surface area contributed by atoms with Gasteiger partial charge in [-0.15, -0.1) is 0 Å². The van der Waals surface area contributed by atoms with Crippen LogP contribution in [-0.2, 0) is 4.79 Å². The first-order valence-corrected chi connectivity index (χ1v) is 10.9. The molecule has 0 spiro atoms. The quantitative estimate of drug-likeness (QED) is 0.268. The Morgan fingerprint density at radius 1 is 1.22 bits per heavy atom. The maximum Gasteiger partial charge on any atom is 0.387 e. The van der Waals surface area contributed by atoms with Crippen LogP contribution in [0, 0.1) is 0 Å². The van der Waals surface area contributed by atoms with Crippen molar-refractivity contribution in [2.24, 2.45) is 0 Å². The molecule has 0 aliphatic rings. The number of likely N-dealkylation sites (N-methyl/N-ethyl adjacent to an activating group) is 1. The molecule has 2 aromatic carbocycles. The molecule has 0 radical (unpaired) electrons. The highest BCUT2D eigenvalue weighted by Crippen LogP contribution is 2.24. The van der Waals surface area contributed by atoms with Gasteiger partial charge in [-0.3, -0.25) is 14.2 Å². The molecule has 1 amide bonds. The molecule has 0 aliphatic carbocycles. The zero-order chi connectivity index (χ0) is 23.3. The molecule has 32 heavy (non-hydrogen) atoms. The summed E-state index contributed by atoms with van der Waals surface area (Å²) < 4.78 is 30.7. The van der Waals surface area contributed by atoms with E-state index in [1.165, 1.54) is 28.8 Å². The number of benzene rings is 2. The number of aromatic nitrogens is 2. The summed E-state index contributed by atoms with van der Waals surface area (Å²) in [6.07, 6.45) is 0. The van der Waals surface area contributed by atoms with E-state index in [4.69, 9.17) is 0 Å². The Balaban J connectivity index is 1.99. The molecule has 0 atom stereocenters. The number of nitrogens with zero attached hydrogens (tertiary/aromatic N) is 3. The molecule has 1 heterocycles. The summed E-state index contributed by atoms with van der Waals surface area (Å²) in [5.41, 5.74) is 1.49. The highest BCUT2D eigenvalue weighted by atomic mass is 32.2. The number of carbonyl (C=O) groups is 1. The van der Waals surface area contributed by atoms with Crippen molar-refractivity contribution >= 4 is 28.6 Å². The highest BCUT2D eigenvalue weighted by Gasteiger charge is 2.17. The van der Waals surface area contributed by atoms with Crippen LogP contribution >= 0.6 is 11.8 Å². The van der Waals surface area contributed by atoms with Gasteiger partial charge in [0.1, 0.15) is 5.75 Å². The van der Waals surface area contributed by atoms with Crippen LogP contribution in [-0.4, -0.2) is 45.8 Å². The third-order valence-electron chi connectivity index (χ3n) is 4.58. The molecule has 9 heteroatoms. The van der Waals surface area contributed by atoms with Gasteiger partial charge in [0.2, 0.25) is 5.91 Å². The number of para-hydroxylation sites is 1. The summed E-state index contributed by atoms with van der Waals surface area (Å²) in [6, 6.07) is 12.6. The van der Waals surface area contributed by atoms with E-state index in [2.05, 4.69) is 16.3 Å². The van der Waals surface area contributed by atoms with Crippen molar-refractivity contribution < 1.29 is 18.3 Å². The van der Waals surface area contributed by atoms with Crippen LogP contribution in [0.3, 0.4) is 0 Å². The van der Waals surface area contributed by atoms with E-state index in [1.807, 2.05) is 13.8 Å². The highest BCUT2D eigenvalue weighted by molar-refractivity contribution is 7.99. The summed E-state index contributed by atoms with van der Waals surface area (Å²) >= 11 is 1.14. The fraction of sp³-hybridized carbons (Fsp3) is 0.261. The zero-order valence-corrected chi connectivity index (χ0v) is 18.6. The molecule has 0 saturated carbocycles. The third kappa shape index (κ3) is 5.53. The molecule has 6 nitrogen and oxygen atoms in total. The van der Waals surface area contributed by atoms with Gasteiger partial charge in [0.05, 0.1) is 22.3 Å². The summed E-state index contributed by atoms with van der Waals surface area (Å²) in [5, 5.41) is 0.740. The smallest absolute Gasteiger partial charge is 0.387 e. The van der Waals surface area contributed by atoms with Crippen LogP contribution in [0.2, 0.25) is 0 Å². The zero-order valence-electron chi connectivity index (χ0n) is 17.8. The van der Waals surface area contributed by atoms with Crippen molar-refractivity contribution in [2.45, 2.75) is 25.6 Å². The SMILES string of the molecule is C=C(C)CN(CC)C(=O)CSc1nc2ccccc2c(=O)n1-c1ccc(OC(F)F)cc1. The van der Waals surface area contributed by atoms with Gasteiger partial charge in [0.15, 0.2) is 5.16 Å². The number of hydrogen-bond acceptors (Lipinski definition) is 5. The van der Waals surface area contributed by atoms with E-state index >= 15 is 0 Å². The molecule has 0 N–H and O–H groups in total. The summed E-state index contributed by atoms with van der Waals surface area (Å²) in [4.78, 5) is 32.2. The van der Waals surface area contributed by atoms with Crippen molar-refractivity contribution in [3.8, 4) is 11.4 Å². The predicted octanol–water partition coefficient (Wildman–Crippen LogP) is 4.50. The fourth-order valence-corrected chi connectivity index (χ4v) is 4.05. The lowest BCUT2D eigenvalue weighted by molar-refractivity contribution is -0.127. The van der Waals surface area contributed by atoms with E-state index < -0.39 is 6.61 Å². The second-order valence-corrected chi connectivity index (χ2v) is 8.02. The third-order valence-corrected chi connectivity index (χ3v) is 5.51. The molecule has 0 aliphatic heterocycles. The minimum absolute atomic E-state index is 0.0201. The number of fused-ring (bicyclic) bond motifs is 1. The van der Waals surface area contributed by atoms with E-state index in [-0.39, 0.29) is 23.0 Å². The lowest BCUT2D eigenvalue weighted by Gasteiger charge is -2.21. The maximum atomic E-state index is 13.2. The van der Waals surface area contributed by atoms with Gasteiger partial charge < -0.3 is 9.64 Å². The number of thioether (sulfide) groups is 1. The normalized spacial score (nSPS) is 11.0. The Labute approximate surface area is 188 Å². The second-order valence-electron chi connectivity index (χ2n) is 7.08. The average molecular weight is 460 g/mol. The molecular weight excluding hydrogens is 436 g/mol. The first-order valence-electron chi connectivity index (χ1n) is 9.92. The Morgan fingerprint density at radius 3 is 2.53 bits per heavy atom. The van der Waals surface area contributed by atoms with Crippen molar-refractivity contribution in [3.05, 3.63) is 71.0 Å². The van der Waals surface area contributed by atoms with E-state index in [0.717, 1.165) is 17.3 Å². The Morgan fingerprint density at radius 2 is 1.91 bits per heavy atom. The number of ether oxygens (including phenoxy) is 1. The standard InChI is InChI=1S/C23H23F2N3O3S/c1-4-27(13-15(2)3)20(29)14-32-23-26-19-8-6-5-7-18(19)21(30)28(23)16-9-11-17(12-10-16)31-22(24)25/h5-12,22H,2,4,13-14H2,1,3H3. The van der Waals surface area contributed by atoms with E-state index in [0.29, 0.717) is 34.8 Å². The number of amides is 1. The summed E-state index contributed by atoms with van der Waals surface area (Å²) in [7, 11) is 0. The Bertz CT molecular complexity index is 1180. The van der Waals surface area contributed by atoms with Crippen molar-refractivity contribution in [3.63, 3.8) is 0 Å². The average Bonchev–Trinajstić information content (AvgIpc) is 2.76. The van der Waals surface area contributed by atoms with Gasteiger partial charge in [-0.2, -0.15) is 8.78 Å². The molecule has 1 aromatic heterocycles. The fourth-order valence-electron chi connectivity index (χ4n) is 3.13. The Kier molecular flexibility index (Phi) is 7.63. The summed E-state index contributed by atoms with van der Waals surface area (Å²) in [6.45, 7) is 5.65. The number of hydrogen-bond donors (Lipinski definition) is 0. The predicted molar refractivity (Wildman–Crippen MR) is 122 cm³/mol. The molecule has 0 fully saturated rings. The molecule has 0 saturated heterocycles. The van der Waals surface area contributed by atoms with Crippen LogP contribution < -0.4 is 10.3 Å². The summed E-state index contributed by atoms with van der Waals surface area (Å²) in [5.74, 6) is -0.0400. The Hall–Kier alpha value is -3.20. The van der Waals surface area contributed by atoms with Gasteiger partial charge >= 0.3 is 6.61 Å². The molecule has 3 aromatic rings. The lowest BCUT2D eigenvalue weighted by atomic mass is 10.2. The minimum atomic E-state index is -2.94. The molecule has 3 rings (SSSR count). The topological polar surface area (TPSA) is 64.4 Å². The van der Waals surface area contributed by atoms with Crippen LogP contribution in [0.5, 0.6) is 5.75 Å². The van der Waals surface area contributed by atoms with Gasteiger partial charge in [-0.1, -0.05) is 36.0 Å². The van der Waals surface area contributed by atoms with Crippen LogP contribution in [0.1, 0.15) is 13.8 Å². The molecular formula is C23H23F2N3O3S. The lowest BCUT2D eigenvalue weighted by Crippen LogP contribution is -2.33. The first kappa shape index (κ1) is 23.5. The first-order chi connectivity index (χ1) is 15.3. The van der Waals surface area contributed by atoms with E-state index in [1.54, 1.807) is 29.2 Å². The maximum absolute atomic E-state index is 13.2. The number of halogens is 2. The van der Waals surface area contributed by atoms with Gasteiger partial charge in [-0.25, -0.2) is 4.98 Å². The second kappa shape index (κ2) is 10.4. The van der Waals surface area contributed by atoms with Gasteiger partial charge in [0.25, 0.3) is 5.56 Å². The minimum Gasteiger partial charge on any atom is -0.435 e. The van der Waals surface area contributed by atoms with Crippen LogP contribution in [0.15, 0.2) is 70.6 Å². The van der Waals surface area contributed by atoms with Crippen molar-refractivity contribution in [1.82, 2.24) is 14.5 Å². The van der Waals surface area contributed by atoms with Gasteiger partial charge in [0, 0.05) is 13.1 Å². The monoisotopic (exact) mass is 459 g/mol. The number of carbonyl (C=O) groups excluding carboxylic acids is 1. The largest absolute Gasteiger partial charge is 0.435 e. The van der Waals surface area contributed by atoms with E-state index in [9.17, 15) is 18.4 Å². The number of alkyl halides is 2. The molecule has 0 unspecified atom stereocenters. The van der Waals surface area contributed by atoms with Crippen LogP contribution in [0.4, 0.5) is 8.78 Å². The number of rotatable bonds is 9.